The number of rotatable bonds is 9. The van der Waals surface area contributed by atoms with Gasteiger partial charge in [0.2, 0.25) is 0 Å². The summed E-state index contributed by atoms with van der Waals surface area (Å²) in [5.74, 6) is 0. The molecule has 0 amide bonds. The molecular weight excluding hydrogens is 362 g/mol. The number of fused-ring (bicyclic) bond motifs is 1. The van der Waals surface area contributed by atoms with Crippen molar-refractivity contribution in [1.29, 1.82) is 0 Å². The minimum absolute atomic E-state index is 0.191. The Morgan fingerprint density at radius 3 is 2.46 bits per heavy atom. The van der Waals surface area contributed by atoms with E-state index in [4.69, 9.17) is 4.43 Å². The molecule has 0 saturated heterocycles. The molecule has 1 unspecified atom stereocenters. The van der Waals surface area contributed by atoms with Gasteiger partial charge in [-0.05, 0) is 66.7 Å². The average molecular weight is 400 g/mol. The number of aryl methyl sites for hydroxylation is 1. The molecule has 3 nitrogen and oxygen atoms in total. The Morgan fingerprint density at radius 2 is 1.89 bits per heavy atom. The van der Waals surface area contributed by atoms with E-state index in [1.807, 2.05) is 12.2 Å². The lowest BCUT2D eigenvalue weighted by atomic mass is 9.96. The number of aromatic nitrogens is 1. The molecule has 0 aliphatic carbocycles. The number of benzene rings is 1. The molecule has 154 valence electrons. The maximum absolute atomic E-state index is 10.7. The molecule has 1 atom stereocenters. The Bertz CT molecular complexity index is 842. The molecule has 1 aromatic carbocycles. The predicted molar refractivity (Wildman–Crippen MR) is 124 cm³/mol. The molecule has 1 heterocycles. The second-order valence-corrected chi connectivity index (χ2v) is 14.0. The lowest BCUT2D eigenvalue weighted by Crippen LogP contribution is -2.40. The van der Waals surface area contributed by atoms with Crippen LogP contribution in [0, 0.1) is 0 Å². The van der Waals surface area contributed by atoms with E-state index in [2.05, 4.69) is 76.8 Å². The van der Waals surface area contributed by atoms with Gasteiger partial charge in [0.1, 0.15) is 0 Å². The van der Waals surface area contributed by atoms with Crippen molar-refractivity contribution in [3.8, 4) is 0 Å². The third-order valence-corrected chi connectivity index (χ3v) is 10.7. The standard InChI is InChI=1S/C24H37NO2Si/c1-9-11-12-13-23(26)21-15-19-14-20(17-27-28(7,8)24(3,4)5)25(6)22(19)16-18(21)10-2/h9-10,14-16,23,26H,1-2,11-13,17H2,3-8H3. The summed E-state index contributed by atoms with van der Waals surface area (Å²) in [4.78, 5) is 0. The van der Waals surface area contributed by atoms with Crippen LogP contribution in [0.5, 0.6) is 0 Å². The summed E-state index contributed by atoms with van der Waals surface area (Å²) in [6, 6.07) is 6.43. The van der Waals surface area contributed by atoms with E-state index < -0.39 is 14.4 Å². The number of aliphatic hydroxyl groups excluding tert-OH is 1. The van der Waals surface area contributed by atoms with Crippen molar-refractivity contribution in [2.75, 3.05) is 0 Å². The van der Waals surface area contributed by atoms with E-state index in [0.29, 0.717) is 6.61 Å². The number of nitrogens with zero attached hydrogens (tertiary/aromatic N) is 1. The molecule has 2 aromatic rings. The highest BCUT2D eigenvalue weighted by Crippen LogP contribution is 2.37. The zero-order valence-corrected chi connectivity index (χ0v) is 19.5. The second kappa shape index (κ2) is 8.81. The van der Waals surface area contributed by atoms with Crippen LogP contribution in [0.1, 0.15) is 63.0 Å². The third kappa shape index (κ3) is 4.86. The molecule has 0 fully saturated rings. The van der Waals surface area contributed by atoms with Gasteiger partial charge in [0.05, 0.1) is 12.7 Å². The quantitative estimate of drug-likeness (QED) is 0.288. The van der Waals surface area contributed by atoms with Gasteiger partial charge in [0, 0.05) is 23.6 Å². The van der Waals surface area contributed by atoms with Crippen LogP contribution in [0.25, 0.3) is 17.0 Å². The highest BCUT2D eigenvalue weighted by atomic mass is 28.4. The number of hydrogen-bond donors (Lipinski definition) is 1. The van der Waals surface area contributed by atoms with Gasteiger partial charge in [0.25, 0.3) is 0 Å². The van der Waals surface area contributed by atoms with Crippen molar-refractivity contribution in [2.45, 2.75) is 70.9 Å². The number of hydrogen-bond acceptors (Lipinski definition) is 2. The van der Waals surface area contributed by atoms with Crippen LogP contribution < -0.4 is 0 Å². The first kappa shape index (κ1) is 22.7. The van der Waals surface area contributed by atoms with Crippen molar-refractivity contribution in [2.24, 2.45) is 7.05 Å². The summed E-state index contributed by atoms with van der Waals surface area (Å²) in [5.41, 5.74) is 4.25. The molecule has 1 aromatic heterocycles. The summed E-state index contributed by atoms with van der Waals surface area (Å²) in [6.07, 6.45) is 5.83. The van der Waals surface area contributed by atoms with Crippen molar-refractivity contribution >= 4 is 25.3 Å². The molecule has 28 heavy (non-hydrogen) atoms. The fraction of sp³-hybridized carbons (Fsp3) is 0.500. The molecule has 0 spiro atoms. The summed E-state index contributed by atoms with van der Waals surface area (Å²) in [5, 5.41) is 12.0. The highest BCUT2D eigenvalue weighted by molar-refractivity contribution is 6.74. The van der Waals surface area contributed by atoms with Gasteiger partial charge >= 0.3 is 0 Å². The lowest BCUT2D eigenvalue weighted by molar-refractivity contribution is 0.165. The molecule has 2 rings (SSSR count). The molecule has 4 heteroatoms. The Hall–Kier alpha value is -1.62. The molecule has 0 saturated carbocycles. The normalized spacial score (nSPS) is 13.7. The monoisotopic (exact) mass is 399 g/mol. The Morgan fingerprint density at radius 1 is 1.21 bits per heavy atom. The number of aliphatic hydroxyl groups is 1. The molecule has 1 N–H and O–H groups in total. The molecule has 0 aliphatic rings. The minimum atomic E-state index is -1.80. The van der Waals surface area contributed by atoms with E-state index in [0.717, 1.165) is 47.0 Å². The van der Waals surface area contributed by atoms with E-state index in [-0.39, 0.29) is 5.04 Å². The van der Waals surface area contributed by atoms with Gasteiger partial charge in [-0.25, -0.2) is 0 Å². The first-order chi connectivity index (χ1) is 13.0. The maximum atomic E-state index is 10.7. The van der Waals surface area contributed by atoms with Crippen LogP contribution in [-0.4, -0.2) is 18.0 Å². The molecule has 0 bridgehead atoms. The van der Waals surface area contributed by atoms with E-state index in [9.17, 15) is 5.11 Å². The van der Waals surface area contributed by atoms with E-state index in [1.165, 1.54) is 0 Å². The first-order valence-corrected chi connectivity index (χ1v) is 13.1. The van der Waals surface area contributed by atoms with Gasteiger partial charge in [0.15, 0.2) is 8.32 Å². The van der Waals surface area contributed by atoms with E-state index >= 15 is 0 Å². The Kier molecular flexibility index (Phi) is 7.13. The first-order valence-electron chi connectivity index (χ1n) is 10.2. The third-order valence-electron chi connectivity index (χ3n) is 6.20. The van der Waals surface area contributed by atoms with Crippen LogP contribution in [0.15, 0.2) is 37.4 Å². The van der Waals surface area contributed by atoms with Gasteiger partial charge in [-0.1, -0.05) is 39.5 Å². The second-order valence-electron chi connectivity index (χ2n) is 9.22. The van der Waals surface area contributed by atoms with Gasteiger partial charge < -0.3 is 14.1 Å². The van der Waals surface area contributed by atoms with Crippen LogP contribution in [0.2, 0.25) is 18.1 Å². The van der Waals surface area contributed by atoms with Crippen LogP contribution >= 0.6 is 0 Å². The molecule has 0 radical (unpaired) electrons. The van der Waals surface area contributed by atoms with Crippen molar-refractivity contribution in [3.63, 3.8) is 0 Å². The number of allylic oxidation sites excluding steroid dienone is 1. The topological polar surface area (TPSA) is 34.4 Å². The summed E-state index contributed by atoms with van der Waals surface area (Å²) >= 11 is 0. The van der Waals surface area contributed by atoms with E-state index in [1.54, 1.807) is 0 Å². The minimum Gasteiger partial charge on any atom is -0.411 e. The van der Waals surface area contributed by atoms with Gasteiger partial charge in [-0.2, -0.15) is 0 Å². The average Bonchev–Trinajstić information content (AvgIpc) is 2.93. The SMILES string of the molecule is C=CCCCC(O)c1cc2cc(CO[Si](C)(C)C(C)(C)C)n(C)c2cc1C=C. The highest BCUT2D eigenvalue weighted by Gasteiger charge is 2.37. The molecular formula is C24H37NO2Si. The maximum Gasteiger partial charge on any atom is 0.192 e. The zero-order valence-electron chi connectivity index (χ0n) is 18.5. The lowest BCUT2D eigenvalue weighted by Gasteiger charge is -2.36. The van der Waals surface area contributed by atoms with Crippen LogP contribution in [0.4, 0.5) is 0 Å². The van der Waals surface area contributed by atoms with Crippen LogP contribution in [0.3, 0.4) is 0 Å². The van der Waals surface area contributed by atoms with Crippen molar-refractivity contribution in [1.82, 2.24) is 4.57 Å². The van der Waals surface area contributed by atoms with Crippen LogP contribution in [-0.2, 0) is 18.1 Å². The fourth-order valence-corrected chi connectivity index (χ4v) is 4.10. The zero-order chi connectivity index (χ0) is 21.1. The summed E-state index contributed by atoms with van der Waals surface area (Å²) in [7, 11) is 0.281. The predicted octanol–water partition coefficient (Wildman–Crippen LogP) is 6.73. The van der Waals surface area contributed by atoms with Crippen molar-refractivity contribution < 1.29 is 9.53 Å². The summed E-state index contributed by atoms with van der Waals surface area (Å²) in [6.45, 7) is 19.7. The van der Waals surface area contributed by atoms with Gasteiger partial charge in [-0.15, -0.1) is 6.58 Å². The fourth-order valence-electron chi connectivity index (χ4n) is 3.16. The molecule has 0 aliphatic heterocycles. The Labute approximate surface area is 171 Å². The number of unbranched alkanes of at least 4 members (excludes halogenated alkanes) is 1. The Balaban J connectivity index is 2.33. The summed E-state index contributed by atoms with van der Waals surface area (Å²) < 4.78 is 8.63. The smallest absolute Gasteiger partial charge is 0.192 e. The van der Waals surface area contributed by atoms with Gasteiger partial charge in [-0.3, -0.25) is 0 Å². The largest absolute Gasteiger partial charge is 0.411 e. The van der Waals surface area contributed by atoms with Crippen molar-refractivity contribution in [3.05, 3.63) is 54.3 Å².